The Hall–Kier alpha value is -0.460. The van der Waals surface area contributed by atoms with Gasteiger partial charge in [0.25, 0.3) is 0 Å². The molecule has 0 radical (unpaired) electrons. The predicted molar refractivity (Wildman–Crippen MR) is 37.9 cm³/mol. The van der Waals surface area contributed by atoms with Crippen LogP contribution < -0.4 is 0 Å². The van der Waals surface area contributed by atoms with E-state index >= 15 is 0 Å². The Balaban J connectivity index is 2.76. The quantitative estimate of drug-likeness (QED) is 0.496. The van der Waals surface area contributed by atoms with Gasteiger partial charge in [-0.1, -0.05) is 11.8 Å². The van der Waals surface area contributed by atoms with Crippen LogP contribution in [0.3, 0.4) is 0 Å². The zero-order valence-electron chi connectivity index (χ0n) is 6.52. The fourth-order valence-electron chi connectivity index (χ4n) is 0.921. The van der Waals surface area contributed by atoms with Crippen LogP contribution in [0.2, 0.25) is 0 Å². The van der Waals surface area contributed by atoms with Crippen LogP contribution in [0.4, 0.5) is 17.6 Å². The van der Waals surface area contributed by atoms with Crippen molar-refractivity contribution in [3.8, 4) is 0 Å². The summed E-state index contributed by atoms with van der Waals surface area (Å²) in [6.07, 6.45) is -1.17. The minimum Gasteiger partial charge on any atom is -0.468 e. The van der Waals surface area contributed by atoms with E-state index in [0.717, 1.165) is 7.11 Å². The highest BCUT2D eigenvalue weighted by Gasteiger charge is 2.65. The van der Waals surface area contributed by atoms with E-state index in [1.165, 1.54) is 0 Å². The van der Waals surface area contributed by atoms with E-state index in [4.69, 9.17) is 0 Å². The summed E-state index contributed by atoms with van der Waals surface area (Å²) in [5, 5.41) is -5.65. The van der Waals surface area contributed by atoms with E-state index in [-0.39, 0.29) is 11.8 Å². The SMILES string of the molecule is COC(=O)C1CC(F)(F)C(F)(F)S1. The standard InChI is InChI=1S/C6H6F4O2S/c1-12-4(11)3-2-5(7,8)6(9,10)13-3/h3H,2H2,1H3. The number of carbonyl (C=O) groups excluding carboxylic acids is 1. The van der Waals surface area contributed by atoms with Crippen LogP contribution in [-0.2, 0) is 9.53 Å². The van der Waals surface area contributed by atoms with Crippen LogP contribution in [-0.4, -0.2) is 29.5 Å². The summed E-state index contributed by atoms with van der Waals surface area (Å²) in [6.45, 7) is 0. The Labute approximate surface area is 75.6 Å². The van der Waals surface area contributed by atoms with Gasteiger partial charge in [-0.2, -0.15) is 17.6 Å². The molecular formula is C6H6F4O2S. The summed E-state index contributed by atoms with van der Waals surface area (Å²) < 4.78 is 54.0. The summed E-state index contributed by atoms with van der Waals surface area (Å²) in [5.74, 6) is -5.17. The smallest absolute Gasteiger partial charge is 0.356 e. The molecule has 0 N–H and O–H groups in total. The van der Waals surface area contributed by atoms with E-state index in [1.54, 1.807) is 0 Å². The molecule has 1 saturated heterocycles. The van der Waals surface area contributed by atoms with E-state index in [2.05, 4.69) is 4.74 Å². The van der Waals surface area contributed by atoms with E-state index < -0.39 is 28.8 Å². The molecule has 0 aliphatic carbocycles. The highest BCUT2D eigenvalue weighted by molar-refractivity contribution is 8.02. The van der Waals surface area contributed by atoms with Crippen molar-refractivity contribution in [2.24, 2.45) is 0 Å². The first kappa shape index (κ1) is 10.6. The number of halogens is 4. The van der Waals surface area contributed by atoms with Crippen LogP contribution in [0, 0.1) is 0 Å². The van der Waals surface area contributed by atoms with Crippen LogP contribution in [0.1, 0.15) is 6.42 Å². The van der Waals surface area contributed by atoms with Crippen LogP contribution in [0.5, 0.6) is 0 Å². The molecule has 7 heteroatoms. The molecule has 0 spiro atoms. The van der Waals surface area contributed by atoms with Crippen molar-refractivity contribution < 1.29 is 27.1 Å². The molecule has 13 heavy (non-hydrogen) atoms. The number of esters is 1. The Kier molecular flexibility index (Phi) is 2.48. The molecular weight excluding hydrogens is 212 g/mol. The van der Waals surface area contributed by atoms with Gasteiger partial charge in [-0.3, -0.25) is 4.79 Å². The molecule has 1 aliphatic heterocycles. The molecule has 0 aromatic rings. The molecule has 1 rings (SSSR count). The lowest BCUT2D eigenvalue weighted by Gasteiger charge is -2.15. The fraction of sp³-hybridized carbons (Fsp3) is 0.833. The van der Waals surface area contributed by atoms with Crippen molar-refractivity contribution >= 4 is 17.7 Å². The Morgan fingerprint density at radius 1 is 1.46 bits per heavy atom. The van der Waals surface area contributed by atoms with Crippen molar-refractivity contribution in [1.82, 2.24) is 0 Å². The summed E-state index contributed by atoms with van der Waals surface area (Å²) >= 11 is -0.350. The third kappa shape index (κ3) is 1.74. The third-order valence-corrected chi connectivity index (χ3v) is 2.86. The maximum atomic E-state index is 12.5. The van der Waals surface area contributed by atoms with Gasteiger partial charge < -0.3 is 4.74 Å². The van der Waals surface area contributed by atoms with Crippen molar-refractivity contribution in [3.05, 3.63) is 0 Å². The van der Waals surface area contributed by atoms with Gasteiger partial charge in [-0.15, -0.1) is 0 Å². The largest absolute Gasteiger partial charge is 0.468 e. The second kappa shape index (κ2) is 3.04. The predicted octanol–water partition coefficient (Wildman–Crippen LogP) is 1.89. The number of alkyl halides is 4. The fourth-order valence-corrected chi connectivity index (χ4v) is 2.02. The summed E-state index contributed by atoms with van der Waals surface area (Å²) in [5.41, 5.74) is 0. The van der Waals surface area contributed by atoms with Crippen molar-refractivity contribution in [2.45, 2.75) is 22.8 Å². The molecule has 0 bridgehead atoms. The van der Waals surface area contributed by atoms with Gasteiger partial charge in [0, 0.05) is 6.42 Å². The molecule has 1 atom stereocenters. The summed E-state index contributed by atoms with van der Waals surface area (Å²) in [6, 6.07) is 0. The number of hydrogen-bond donors (Lipinski definition) is 0. The lowest BCUT2D eigenvalue weighted by molar-refractivity contribution is -0.152. The van der Waals surface area contributed by atoms with Gasteiger partial charge in [0.15, 0.2) is 0 Å². The molecule has 0 aromatic heterocycles. The van der Waals surface area contributed by atoms with Gasteiger partial charge in [0.05, 0.1) is 7.11 Å². The molecule has 0 aromatic carbocycles. The minimum absolute atomic E-state index is 0.350. The number of carbonyl (C=O) groups is 1. The first-order valence-corrected chi connectivity index (χ1v) is 4.19. The molecule has 0 saturated carbocycles. The Morgan fingerprint density at radius 3 is 2.31 bits per heavy atom. The number of rotatable bonds is 1. The number of ether oxygens (including phenoxy) is 1. The van der Waals surface area contributed by atoms with Crippen LogP contribution >= 0.6 is 11.8 Å². The molecule has 2 nitrogen and oxygen atoms in total. The second-order valence-corrected chi connectivity index (χ2v) is 3.87. The Bertz CT molecular complexity index is 215. The van der Waals surface area contributed by atoms with Crippen LogP contribution in [0.25, 0.3) is 0 Å². The lowest BCUT2D eigenvalue weighted by atomic mass is 10.2. The van der Waals surface area contributed by atoms with Gasteiger partial charge in [-0.05, 0) is 0 Å². The number of hydrogen-bond acceptors (Lipinski definition) is 3. The maximum absolute atomic E-state index is 12.5. The van der Waals surface area contributed by atoms with E-state index in [0.29, 0.717) is 0 Å². The Morgan fingerprint density at radius 2 is 2.00 bits per heavy atom. The zero-order chi connectivity index (χ0) is 10.3. The summed E-state index contributed by atoms with van der Waals surface area (Å²) in [4.78, 5) is 10.7. The average Bonchev–Trinajstić information content (AvgIpc) is 2.20. The van der Waals surface area contributed by atoms with Crippen LogP contribution in [0.15, 0.2) is 0 Å². The van der Waals surface area contributed by atoms with Gasteiger partial charge in [0.2, 0.25) is 0 Å². The normalized spacial score (nSPS) is 30.1. The average molecular weight is 218 g/mol. The first-order valence-electron chi connectivity index (χ1n) is 3.31. The monoisotopic (exact) mass is 218 g/mol. The molecule has 1 fully saturated rings. The maximum Gasteiger partial charge on any atom is 0.356 e. The zero-order valence-corrected chi connectivity index (χ0v) is 7.34. The van der Waals surface area contributed by atoms with Crippen molar-refractivity contribution in [3.63, 3.8) is 0 Å². The summed E-state index contributed by atoms with van der Waals surface area (Å²) in [7, 11) is 0.970. The highest BCUT2D eigenvalue weighted by atomic mass is 32.2. The van der Waals surface area contributed by atoms with E-state index in [1.807, 2.05) is 0 Å². The van der Waals surface area contributed by atoms with Gasteiger partial charge in [0.1, 0.15) is 5.25 Å². The molecule has 1 unspecified atom stereocenters. The second-order valence-electron chi connectivity index (χ2n) is 2.56. The molecule has 1 aliphatic rings. The number of methoxy groups -OCH3 is 1. The third-order valence-electron chi connectivity index (χ3n) is 1.62. The van der Waals surface area contributed by atoms with Crippen molar-refractivity contribution in [2.75, 3.05) is 7.11 Å². The van der Waals surface area contributed by atoms with E-state index in [9.17, 15) is 22.4 Å². The molecule has 0 amide bonds. The molecule has 76 valence electrons. The number of thioether (sulfide) groups is 1. The van der Waals surface area contributed by atoms with Gasteiger partial charge in [-0.25, -0.2) is 0 Å². The van der Waals surface area contributed by atoms with Gasteiger partial charge >= 0.3 is 17.1 Å². The topological polar surface area (TPSA) is 26.3 Å². The first-order chi connectivity index (χ1) is 5.80. The van der Waals surface area contributed by atoms with Crippen molar-refractivity contribution in [1.29, 1.82) is 0 Å². The minimum atomic E-state index is -4.17. The lowest BCUT2D eigenvalue weighted by Crippen LogP contribution is -2.32. The molecule has 1 heterocycles. The highest BCUT2D eigenvalue weighted by Crippen LogP contribution is 2.55.